The molecule has 0 unspecified atom stereocenters. The third kappa shape index (κ3) is 5.82. The number of esters is 2. The highest BCUT2D eigenvalue weighted by Crippen LogP contribution is 2.31. The van der Waals surface area contributed by atoms with Gasteiger partial charge in [-0.2, -0.15) is 9.97 Å². The van der Waals surface area contributed by atoms with Gasteiger partial charge in [-0.15, -0.1) is 0 Å². The Kier molecular flexibility index (Phi) is 7.79. The van der Waals surface area contributed by atoms with Crippen LogP contribution in [0.25, 0.3) is 0 Å². The Morgan fingerprint density at radius 3 is 2.34 bits per heavy atom. The molecule has 0 N–H and O–H groups in total. The van der Waals surface area contributed by atoms with Crippen LogP contribution in [-0.4, -0.2) is 49.3 Å². The van der Waals surface area contributed by atoms with E-state index in [1.807, 2.05) is 0 Å². The maximum Gasteiger partial charge on any atom is 0.343 e. The Hall–Kier alpha value is -3.33. The Morgan fingerprint density at radius 2 is 1.76 bits per heavy atom. The van der Waals surface area contributed by atoms with Gasteiger partial charge in [-0.3, -0.25) is 0 Å². The van der Waals surface area contributed by atoms with Crippen molar-refractivity contribution in [3.05, 3.63) is 47.0 Å². The number of nitrogens with zero attached hydrogens (tertiary/aromatic N) is 2. The first kappa shape index (κ1) is 22.0. The Labute approximate surface area is 172 Å². The number of carbonyl (C=O) groups is 2. The molecule has 0 atom stereocenters. The highest BCUT2D eigenvalue weighted by molar-refractivity contribution is 6.34. The van der Waals surface area contributed by atoms with Gasteiger partial charge in [0.15, 0.2) is 0 Å². The molecule has 0 spiro atoms. The van der Waals surface area contributed by atoms with E-state index < -0.39 is 11.9 Å². The van der Waals surface area contributed by atoms with Gasteiger partial charge >= 0.3 is 17.9 Å². The maximum absolute atomic E-state index is 12.5. The summed E-state index contributed by atoms with van der Waals surface area (Å²) in [6, 6.07) is 5.87. The number of rotatable bonds is 9. The van der Waals surface area contributed by atoms with Crippen molar-refractivity contribution in [1.82, 2.24) is 9.97 Å². The summed E-state index contributed by atoms with van der Waals surface area (Å²) >= 11 is 6.15. The van der Waals surface area contributed by atoms with Gasteiger partial charge in [-0.25, -0.2) is 9.59 Å². The molecule has 0 amide bonds. The summed E-state index contributed by atoms with van der Waals surface area (Å²) in [6.07, 6.45) is 0. The molecule has 154 valence electrons. The number of carbonyl (C=O) groups excluding carboxylic acids is 2. The molecule has 2 aromatic rings. The molecule has 0 saturated carbocycles. The van der Waals surface area contributed by atoms with Crippen molar-refractivity contribution >= 4 is 23.5 Å². The van der Waals surface area contributed by atoms with Crippen LogP contribution in [0.1, 0.15) is 17.3 Å². The van der Waals surface area contributed by atoms with E-state index >= 15 is 0 Å². The van der Waals surface area contributed by atoms with Crippen LogP contribution in [0, 0.1) is 0 Å². The molecule has 0 saturated heterocycles. The first-order valence-electron chi connectivity index (χ1n) is 8.35. The van der Waals surface area contributed by atoms with Crippen molar-refractivity contribution < 1.29 is 33.3 Å². The molecular formula is C19H19ClN2O7. The number of hydrogen-bond donors (Lipinski definition) is 0. The average Bonchev–Trinajstić information content (AvgIpc) is 2.71. The summed E-state index contributed by atoms with van der Waals surface area (Å²) in [5.74, 6) is -1.05. The summed E-state index contributed by atoms with van der Waals surface area (Å²) in [7, 11) is 2.84. The van der Waals surface area contributed by atoms with E-state index in [0.717, 1.165) is 0 Å². The van der Waals surface area contributed by atoms with Crippen LogP contribution in [0.4, 0.5) is 0 Å². The summed E-state index contributed by atoms with van der Waals surface area (Å²) < 4.78 is 25.6. The minimum atomic E-state index is -0.828. The standard InChI is InChI=1S/C19H19ClN2O7/c1-5-27-17(23)11(2)10-28-18(24)16-12(20)7-6-8-13(16)29-19-21-14(25-3)9-15(22-19)26-4/h6-9H,2,5,10H2,1,3-4H3. The number of hydrogen-bond acceptors (Lipinski definition) is 9. The zero-order valence-corrected chi connectivity index (χ0v) is 16.8. The molecule has 0 bridgehead atoms. The number of halogens is 1. The summed E-state index contributed by atoms with van der Waals surface area (Å²) in [4.78, 5) is 32.2. The van der Waals surface area contributed by atoms with Crippen molar-refractivity contribution in [3.63, 3.8) is 0 Å². The Bertz CT molecular complexity index is 895. The van der Waals surface area contributed by atoms with E-state index in [-0.39, 0.29) is 52.9 Å². The number of methoxy groups -OCH3 is 2. The van der Waals surface area contributed by atoms with Crippen LogP contribution < -0.4 is 14.2 Å². The average molecular weight is 423 g/mol. The van der Waals surface area contributed by atoms with E-state index in [2.05, 4.69) is 16.5 Å². The molecule has 0 aliphatic rings. The second-order valence-electron chi connectivity index (χ2n) is 5.35. The number of aromatic nitrogens is 2. The molecular weight excluding hydrogens is 404 g/mol. The summed E-state index contributed by atoms with van der Waals surface area (Å²) in [6.45, 7) is 4.99. The zero-order chi connectivity index (χ0) is 21.4. The molecule has 0 radical (unpaired) electrons. The molecule has 1 heterocycles. The highest BCUT2D eigenvalue weighted by atomic mass is 35.5. The summed E-state index contributed by atoms with van der Waals surface area (Å²) in [5, 5.41) is 0.0732. The Balaban J connectivity index is 2.24. The third-order valence-corrected chi connectivity index (χ3v) is 3.71. The Morgan fingerprint density at radius 1 is 1.10 bits per heavy atom. The molecule has 0 aliphatic carbocycles. The van der Waals surface area contributed by atoms with Crippen LogP contribution in [0.5, 0.6) is 23.5 Å². The van der Waals surface area contributed by atoms with Crippen LogP contribution in [0.3, 0.4) is 0 Å². The fraction of sp³-hybridized carbons (Fsp3) is 0.263. The highest BCUT2D eigenvalue weighted by Gasteiger charge is 2.21. The summed E-state index contributed by atoms with van der Waals surface area (Å²) in [5.41, 5.74) is -0.0909. The normalized spacial score (nSPS) is 10.1. The molecule has 1 aromatic carbocycles. The third-order valence-electron chi connectivity index (χ3n) is 3.40. The van der Waals surface area contributed by atoms with Gasteiger partial charge in [-0.05, 0) is 19.1 Å². The lowest BCUT2D eigenvalue weighted by Crippen LogP contribution is -2.15. The van der Waals surface area contributed by atoms with Crippen LogP contribution in [0.2, 0.25) is 5.02 Å². The van der Waals surface area contributed by atoms with Crippen LogP contribution >= 0.6 is 11.6 Å². The van der Waals surface area contributed by atoms with Crippen LogP contribution in [0.15, 0.2) is 36.4 Å². The first-order chi connectivity index (χ1) is 13.9. The van der Waals surface area contributed by atoms with Gasteiger partial charge in [0, 0.05) is 0 Å². The minimum Gasteiger partial charge on any atom is -0.481 e. The van der Waals surface area contributed by atoms with Gasteiger partial charge in [0.1, 0.15) is 17.9 Å². The van der Waals surface area contributed by atoms with E-state index in [4.69, 9.17) is 35.3 Å². The van der Waals surface area contributed by atoms with E-state index in [9.17, 15) is 9.59 Å². The van der Waals surface area contributed by atoms with Crippen LogP contribution in [-0.2, 0) is 14.3 Å². The second kappa shape index (κ2) is 10.3. The zero-order valence-electron chi connectivity index (χ0n) is 16.1. The van der Waals surface area contributed by atoms with Gasteiger partial charge in [0.05, 0.1) is 37.5 Å². The molecule has 29 heavy (non-hydrogen) atoms. The van der Waals surface area contributed by atoms with E-state index in [1.54, 1.807) is 13.0 Å². The van der Waals surface area contributed by atoms with Crippen molar-refractivity contribution in [2.45, 2.75) is 6.92 Å². The van der Waals surface area contributed by atoms with Crippen molar-refractivity contribution in [1.29, 1.82) is 0 Å². The first-order valence-corrected chi connectivity index (χ1v) is 8.72. The SMILES string of the molecule is C=C(COC(=O)c1c(Cl)cccc1Oc1nc(OC)cc(OC)n1)C(=O)OCC. The fourth-order valence-electron chi connectivity index (χ4n) is 2.04. The van der Waals surface area contributed by atoms with Gasteiger partial charge < -0.3 is 23.7 Å². The van der Waals surface area contributed by atoms with Gasteiger partial charge in [-0.1, -0.05) is 24.2 Å². The van der Waals surface area contributed by atoms with E-state index in [1.165, 1.54) is 32.4 Å². The monoisotopic (exact) mass is 422 g/mol. The molecule has 2 rings (SSSR count). The molecule has 0 aliphatic heterocycles. The van der Waals surface area contributed by atoms with Crippen molar-refractivity contribution in [2.75, 3.05) is 27.4 Å². The van der Waals surface area contributed by atoms with E-state index in [0.29, 0.717) is 0 Å². The predicted molar refractivity (Wildman–Crippen MR) is 103 cm³/mol. The topological polar surface area (TPSA) is 106 Å². The number of benzene rings is 1. The fourth-order valence-corrected chi connectivity index (χ4v) is 2.28. The number of ether oxygens (including phenoxy) is 5. The van der Waals surface area contributed by atoms with Crippen molar-refractivity contribution in [3.8, 4) is 23.5 Å². The lowest BCUT2D eigenvalue weighted by atomic mass is 10.2. The lowest BCUT2D eigenvalue weighted by Gasteiger charge is -2.12. The minimum absolute atomic E-state index is 0.0180. The molecule has 9 nitrogen and oxygen atoms in total. The molecule has 10 heteroatoms. The molecule has 1 aromatic heterocycles. The van der Waals surface area contributed by atoms with Gasteiger partial charge in [0.2, 0.25) is 11.8 Å². The van der Waals surface area contributed by atoms with Gasteiger partial charge in [0.25, 0.3) is 0 Å². The molecule has 0 fully saturated rings. The second-order valence-corrected chi connectivity index (χ2v) is 5.76. The maximum atomic E-state index is 12.5. The quantitative estimate of drug-likeness (QED) is 0.444. The van der Waals surface area contributed by atoms with Crippen molar-refractivity contribution in [2.24, 2.45) is 0 Å². The predicted octanol–water partition coefficient (Wildman–Crippen LogP) is 3.22. The largest absolute Gasteiger partial charge is 0.481 e. The smallest absolute Gasteiger partial charge is 0.343 e. The lowest BCUT2D eigenvalue weighted by molar-refractivity contribution is -0.138.